The number of carboxylic acids is 1. The second kappa shape index (κ2) is 5.77. The Bertz CT molecular complexity index is 434. The zero-order valence-corrected chi connectivity index (χ0v) is 11.1. The predicted molar refractivity (Wildman–Crippen MR) is 65.7 cm³/mol. The fourth-order valence-electron chi connectivity index (χ4n) is 1.28. The third-order valence-electron chi connectivity index (χ3n) is 2.21. The van der Waals surface area contributed by atoms with Gasteiger partial charge in [0.15, 0.2) is 0 Å². The van der Waals surface area contributed by atoms with E-state index in [1.165, 1.54) is 18.3 Å². The number of rotatable bonds is 4. The van der Waals surface area contributed by atoms with Crippen molar-refractivity contribution in [3.63, 3.8) is 0 Å². The molecule has 1 rings (SSSR count). The van der Waals surface area contributed by atoms with E-state index in [1.807, 2.05) is 0 Å². The molecule has 6 heteroatoms. The number of aliphatic carboxylic acids is 1. The summed E-state index contributed by atoms with van der Waals surface area (Å²) in [5.74, 6) is -1.64. The van der Waals surface area contributed by atoms with Crippen molar-refractivity contribution in [2.45, 2.75) is 19.9 Å². The minimum absolute atomic E-state index is 0.179. The number of aromatic nitrogens is 1. The highest BCUT2D eigenvalue weighted by molar-refractivity contribution is 9.10. The van der Waals surface area contributed by atoms with Gasteiger partial charge in [0.2, 0.25) is 0 Å². The number of amides is 1. The Morgan fingerprint density at radius 3 is 2.59 bits per heavy atom. The molecule has 1 heterocycles. The Morgan fingerprint density at radius 2 is 2.12 bits per heavy atom. The van der Waals surface area contributed by atoms with E-state index in [9.17, 15) is 9.59 Å². The molecule has 5 nitrogen and oxygen atoms in total. The van der Waals surface area contributed by atoms with Gasteiger partial charge in [0.1, 0.15) is 10.6 Å². The molecule has 1 unspecified atom stereocenters. The fraction of sp³-hybridized carbons (Fsp3) is 0.364. The van der Waals surface area contributed by atoms with Gasteiger partial charge in [-0.3, -0.25) is 4.79 Å². The Kier molecular flexibility index (Phi) is 4.62. The highest BCUT2D eigenvalue weighted by Crippen LogP contribution is 2.09. The molecule has 0 saturated heterocycles. The molecule has 0 aliphatic heterocycles. The van der Waals surface area contributed by atoms with E-state index >= 15 is 0 Å². The van der Waals surface area contributed by atoms with Crippen molar-refractivity contribution in [2.24, 2.45) is 5.92 Å². The SMILES string of the molecule is CC(C)C(NC(=O)c1ccnc(Br)c1)C(=O)O. The number of nitrogens with one attached hydrogen (secondary N) is 1. The van der Waals surface area contributed by atoms with E-state index in [1.54, 1.807) is 13.8 Å². The lowest BCUT2D eigenvalue weighted by Gasteiger charge is -2.17. The Hall–Kier alpha value is -1.43. The molecule has 2 N–H and O–H groups in total. The van der Waals surface area contributed by atoms with Crippen molar-refractivity contribution in [1.82, 2.24) is 10.3 Å². The number of nitrogens with zero attached hydrogens (tertiary/aromatic N) is 1. The monoisotopic (exact) mass is 300 g/mol. The molecule has 0 aromatic carbocycles. The zero-order valence-electron chi connectivity index (χ0n) is 9.48. The summed E-state index contributed by atoms with van der Waals surface area (Å²) in [6.07, 6.45) is 1.48. The van der Waals surface area contributed by atoms with Gasteiger partial charge in [-0.05, 0) is 34.0 Å². The summed E-state index contributed by atoms with van der Waals surface area (Å²) in [4.78, 5) is 26.6. The third-order valence-corrected chi connectivity index (χ3v) is 2.64. The molecular weight excluding hydrogens is 288 g/mol. The van der Waals surface area contributed by atoms with Gasteiger partial charge in [-0.1, -0.05) is 13.8 Å². The van der Waals surface area contributed by atoms with Crippen LogP contribution in [0, 0.1) is 5.92 Å². The summed E-state index contributed by atoms with van der Waals surface area (Å²) in [7, 11) is 0. The molecule has 92 valence electrons. The third kappa shape index (κ3) is 3.81. The highest BCUT2D eigenvalue weighted by Gasteiger charge is 2.23. The largest absolute Gasteiger partial charge is 0.480 e. The predicted octanol–water partition coefficient (Wildman–Crippen LogP) is 1.68. The first-order valence-corrected chi connectivity index (χ1v) is 5.86. The molecular formula is C11H13BrN2O3. The summed E-state index contributed by atoms with van der Waals surface area (Å²) in [6.45, 7) is 3.48. The molecule has 1 atom stereocenters. The average molecular weight is 301 g/mol. The van der Waals surface area contributed by atoms with Crippen LogP contribution >= 0.6 is 15.9 Å². The average Bonchev–Trinajstić information content (AvgIpc) is 2.24. The topological polar surface area (TPSA) is 79.3 Å². The van der Waals surface area contributed by atoms with Crippen LogP contribution in [0.5, 0.6) is 0 Å². The number of hydrogen-bond acceptors (Lipinski definition) is 3. The quantitative estimate of drug-likeness (QED) is 0.829. The van der Waals surface area contributed by atoms with Crippen LogP contribution in [0.3, 0.4) is 0 Å². The first-order chi connectivity index (χ1) is 7.91. The maximum Gasteiger partial charge on any atom is 0.326 e. The van der Waals surface area contributed by atoms with Gasteiger partial charge in [-0.2, -0.15) is 0 Å². The van der Waals surface area contributed by atoms with Gasteiger partial charge in [-0.25, -0.2) is 9.78 Å². The van der Waals surface area contributed by atoms with E-state index in [4.69, 9.17) is 5.11 Å². The van der Waals surface area contributed by atoms with Crippen LogP contribution in [0.4, 0.5) is 0 Å². The standard InChI is InChI=1S/C11H13BrN2O3/c1-6(2)9(11(16)17)14-10(15)7-3-4-13-8(12)5-7/h3-6,9H,1-2H3,(H,14,15)(H,16,17). The van der Waals surface area contributed by atoms with Crippen LogP contribution in [0.25, 0.3) is 0 Å². The molecule has 0 aliphatic rings. The lowest BCUT2D eigenvalue weighted by atomic mass is 10.0. The molecule has 0 saturated carbocycles. The van der Waals surface area contributed by atoms with Crippen molar-refractivity contribution in [2.75, 3.05) is 0 Å². The second-order valence-electron chi connectivity index (χ2n) is 3.90. The first kappa shape index (κ1) is 13.6. The van der Waals surface area contributed by atoms with Crippen LogP contribution in [-0.4, -0.2) is 28.0 Å². The maximum absolute atomic E-state index is 11.8. The van der Waals surface area contributed by atoms with Crippen LogP contribution in [-0.2, 0) is 4.79 Å². The van der Waals surface area contributed by atoms with Crippen molar-refractivity contribution < 1.29 is 14.7 Å². The van der Waals surface area contributed by atoms with Gasteiger partial charge in [0.05, 0.1) is 0 Å². The van der Waals surface area contributed by atoms with E-state index in [0.717, 1.165) is 0 Å². The lowest BCUT2D eigenvalue weighted by Crippen LogP contribution is -2.44. The molecule has 0 aliphatic carbocycles. The van der Waals surface area contributed by atoms with Crippen LogP contribution in [0.15, 0.2) is 22.9 Å². The van der Waals surface area contributed by atoms with Gasteiger partial charge in [-0.15, -0.1) is 0 Å². The maximum atomic E-state index is 11.8. The van der Waals surface area contributed by atoms with Crippen molar-refractivity contribution in [3.8, 4) is 0 Å². The van der Waals surface area contributed by atoms with Gasteiger partial charge < -0.3 is 10.4 Å². The summed E-state index contributed by atoms with van der Waals surface area (Å²) < 4.78 is 0.529. The summed E-state index contributed by atoms with van der Waals surface area (Å²) in [6, 6.07) is 2.17. The van der Waals surface area contributed by atoms with E-state index in [2.05, 4.69) is 26.2 Å². The summed E-state index contributed by atoms with van der Waals surface area (Å²) in [5, 5.41) is 11.4. The number of hydrogen-bond donors (Lipinski definition) is 2. The van der Waals surface area contributed by atoms with Crippen LogP contribution in [0.2, 0.25) is 0 Å². The summed E-state index contributed by atoms with van der Waals surface area (Å²) in [5.41, 5.74) is 0.374. The number of carbonyl (C=O) groups excluding carboxylic acids is 1. The molecule has 0 fully saturated rings. The van der Waals surface area contributed by atoms with Crippen LogP contribution in [0.1, 0.15) is 24.2 Å². The van der Waals surface area contributed by atoms with Gasteiger partial charge >= 0.3 is 5.97 Å². The molecule has 1 aromatic heterocycles. The Labute approximate surface area is 107 Å². The van der Waals surface area contributed by atoms with Gasteiger partial charge in [0, 0.05) is 11.8 Å². The molecule has 0 radical (unpaired) electrons. The minimum atomic E-state index is -1.04. The smallest absolute Gasteiger partial charge is 0.326 e. The zero-order chi connectivity index (χ0) is 13.0. The van der Waals surface area contributed by atoms with Crippen molar-refractivity contribution in [1.29, 1.82) is 0 Å². The highest BCUT2D eigenvalue weighted by atomic mass is 79.9. The number of carboxylic acid groups (broad SMARTS) is 1. The molecule has 0 spiro atoms. The first-order valence-electron chi connectivity index (χ1n) is 5.07. The normalized spacial score (nSPS) is 12.2. The second-order valence-corrected chi connectivity index (χ2v) is 4.71. The van der Waals surface area contributed by atoms with E-state index in [0.29, 0.717) is 10.2 Å². The van der Waals surface area contributed by atoms with Gasteiger partial charge in [0.25, 0.3) is 5.91 Å². The number of carbonyl (C=O) groups is 2. The van der Waals surface area contributed by atoms with Crippen molar-refractivity contribution in [3.05, 3.63) is 28.5 Å². The molecule has 1 aromatic rings. The van der Waals surface area contributed by atoms with Crippen LogP contribution < -0.4 is 5.32 Å². The molecule has 17 heavy (non-hydrogen) atoms. The van der Waals surface area contributed by atoms with E-state index < -0.39 is 17.9 Å². The molecule has 1 amide bonds. The Morgan fingerprint density at radius 1 is 1.47 bits per heavy atom. The lowest BCUT2D eigenvalue weighted by molar-refractivity contribution is -0.140. The Balaban J connectivity index is 2.81. The number of pyridine rings is 1. The molecule has 0 bridgehead atoms. The van der Waals surface area contributed by atoms with Crippen molar-refractivity contribution >= 4 is 27.8 Å². The number of halogens is 1. The fourth-order valence-corrected chi connectivity index (χ4v) is 1.65. The van der Waals surface area contributed by atoms with E-state index in [-0.39, 0.29) is 5.92 Å². The minimum Gasteiger partial charge on any atom is -0.480 e. The summed E-state index contributed by atoms with van der Waals surface area (Å²) >= 11 is 3.15.